The summed E-state index contributed by atoms with van der Waals surface area (Å²) in [6.45, 7) is 0. The van der Waals surface area contributed by atoms with Crippen molar-refractivity contribution in [1.29, 1.82) is 0 Å². The third kappa shape index (κ3) is 3.44. The van der Waals surface area contributed by atoms with Crippen LogP contribution >= 0.6 is 0 Å². The lowest BCUT2D eigenvalue weighted by Gasteiger charge is -2.39. The molecule has 0 aliphatic heterocycles. The Morgan fingerprint density at radius 1 is 0.394 bits per heavy atom. The Morgan fingerprint density at radius 3 is 0.970 bits per heavy atom. The first-order valence-electron chi connectivity index (χ1n) is 6.94. The maximum absolute atomic E-state index is 13.7. The fourth-order valence-electron chi connectivity index (χ4n) is 1.98. The van der Waals surface area contributed by atoms with Crippen molar-refractivity contribution in [2.45, 2.75) is 35.7 Å². The van der Waals surface area contributed by atoms with Crippen LogP contribution in [0.5, 0.6) is 0 Å². The molecular formula is C12F20N+. The second kappa shape index (κ2) is 7.39. The van der Waals surface area contributed by atoms with Gasteiger partial charge >= 0.3 is 40.8 Å². The van der Waals surface area contributed by atoms with Gasteiger partial charge in [0.15, 0.2) is 23.3 Å². The Bertz CT molecular complexity index is 897. The average Bonchev–Trinajstić information content (AvgIpc) is 2.62. The largest absolute Gasteiger partial charge is 0.576 e. The molecule has 1 aromatic carbocycles. The molecule has 0 unspecified atom stereocenters. The number of quaternary nitrogens is 1. The summed E-state index contributed by atoms with van der Waals surface area (Å²) in [5.41, 5.74) is -4.32. The maximum atomic E-state index is 13.7. The van der Waals surface area contributed by atoms with Gasteiger partial charge in [0.05, 0.1) is 13.4 Å². The monoisotopic (exact) mass is 538 g/mol. The molecule has 21 heteroatoms. The Kier molecular flexibility index (Phi) is 6.45. The summed E-state index contributed by atoms with van der Waals surface area (Å²) < 4.78 is 260. The molecule has 1 aromatic rings. The number of hydrogen-bond acceptors (Lipinski definition) is 0. The van der Waals surface area contributed by atoms with E-state index < -0.39 is 75.5 Å². The number of alkyl halides is 12. The van der Waals surface area contributed by atoms with Crippen molar-refractivity contribution in [3.63, 3.8) is 0 Å². The van der Waals surface area contributed by atoms with E-state index in [-0.39, 0.29) is 0 Å². The Hall–Kier alpha value is -2.22. The molecule has 0 amide bonds. The van der Waals surface area contributed by atoms with Gasteiger partial charge in [-0.15, -0.1) is 8.78 Å². The molecule has 33 heavy (non-hydrogen) atoms. The van der Waals surface area contributed by atoms with Gasteiger partial charge in [-0.25, -0.2) is 22.0 Å². The van der Waals surface area contributed by atoms with Gasteiger partial charge in [0.1, 0.15) is 5.56 Å². The van der Waals surface area contributed by atoms with Crippen molar-refractivity contribution in [2.24, 2.45) is 0 Å². The van der Waals surface area contributed by atoms with E-state index in [1.807, 2.05) is 0 Å². The normalized spacial score (nSPS) is 15.3. The molecule has 1 rings (SSSR count). The molecular weight excluding hydrogens is 538 g/mol. The van der Waals surface area contributed by atoms with E-state index >= 15 is 0 Å². The highest BCUT2D eigenvalue weighted by molar-refractivity contribution is 5.31. The van der Waals surface area contributed by atoms with Gasteiger partial charge in [-0.2, -0.15) is 43.9 Å². The molecule has 192 valence electrons. The molecule has 0 saturated carbocycles. The molecule has 0 aliphatic rings. The summed E-state index contributed by atoms with van der Waals surface area (Å²) in [5, 5.41) is -7.15. The molecule has 0 radical (unpaired) electrons. The third-order valence-corrected chi connectivity index (χ3v) is 3.80. The first-order valence-corrected chi connectivity index (χ1v) is 6.94. The topological polar surface area (TPSA) is 0 Å². The molecule has 0 heterocycles. The van der Waals surface area contributed by atoms with Crippen LogP contribution in [0.3, 0.4) is 0 Å². The molecule has 1 nitrogen and oxygen atoms in total. The van der Waals surface area contributed by atoms with E-state index in [1.165, 1.54) is 0 Å². The smallest absolute Gasteiger partial charge is 0.203 e. The van der Waals surface area contributed by atoms with Crippen molar-refractivity contribution in [3.05, 3.63) is 34.6 Å². The highest BCUT2D eigenvalue weighted by Crippen LogP contribution is 2.63. The van der Waals surface area contributed by atoms with Gasteiger partial charge in [-0.3, -0.25) is 0 Å². The fourth-order valence-corrected chi connectivity index (χ4v) is 1.98. The molecule has 0 bridgehead atoms. The zero-order valence-electron chi connectivity index (χ0n) is 14.0. The lowest BCUT2D eigenvalue weighted by Crippen LogP contribution is -2.72. The number of nitrogens with zero attached hydrogens (tertiary/aromatic N) is 1. The number of hydrogen-bond donors (Lipinski definition) is 0. The molecule has 0 atom stereocenters. The van der Waals surface area contributed by atoms with Crippen molar-refractivity contribution in [2.75, 3.05) is 0 Å². The Morgan fingerprint density at radius 2 is 0.667 bits per heavy atom. The van der Waals surface area contributed by atoms with Gasteiger partial charge in [0, 0.05) is 0 Å². The lowest BCUT2D eigenvalue weighted by molar-refractivity contribution is -1.32. The SMILES string of the molecule is Fc1c(F)c(F)c(C(F)(F)C(F)(F)C(F)(F)C(F)(F)C(F)(F)C(F)(F)[N+](F)(F)F)c(F)c1F. The summed E-state index contributed by atoms with van der Waals surface area (Å²) in [6, 6.07) is -8.37. The van der Waals surface area contributed by atoms with Gasteiger partial charge in [0.2, 0.25) is 5.82 Å². The Balaban J connectivity index is 3.91. The minimum Gasteiger partial charge on any atom is -0.203 e. The molecule has 0 fully saturated rings. The average molecular weight is 538 g/mol. The molecule has 0 N–H and O–H groups in total. The first-order chi connectivity index (χ1) is 14.2. The zero-order valence-corrected chi connectivity index (χ0v) is 14.0. The van der Waals surface area contributed by atoms with Crippen molar-refractivity contribution in [1.82, 2.24) is 0 Å². The van der Waals surface area contributed by atoms with E-state index in [2.05, 4.69) is 0 Å². The standard InChI is InChI=1S/C12F20N/c13-2-1(3(14)5(16)6(17)4(2)15)7(18,19)8(20,21)9(22,23)10(24,25)11(26,27)12(28,29)33(30,31)32/q+1. The second-order valence-corrected chi connectivity index (χ2v) is 5.80. The molecule has 0 saturated heterocycles. The van der Waals surface area contributed by atoms with Gasteiger partial charge in [-0.05, 0) is 0 Å². The molecule has 0 spiro atoms. The minimum atomic E-state index is -8.81. The van der Waals surface area contributed by atoms with Crippen molar-refractivity contribution < 1.29 is 93.2 Å². The van der Waals surface area contributed by atoms with Crippen LogP contribution in [-0.4, -0.2) is 34.9 Å². The van der Waals surface area contributed by atoms with Crippen LogP contribution in [0.2, 0.25) is 0 Å². The van der Waals surface area contributed by atoms with Crippen molar-refractivity contribution in [3.8, 4) is 0 Å². The van der Waals surface area contributed by atoms with Crippen LogP contribution in [-0.2, 0) is 5.92 Å². The quantitative estimate of drug-likeness (QED) is 0.115. The van der Waals surface area contributed by atoms with Crippen LogP contribution in [0.4, 0.5) is 88.1 Å². The fraction of sp³-hybridized carbons (Fsp3) is 0.500. The minimum absolute atomic E-state index is 3.39. The maximum Gasteiger partial charge on any atom is 0.576 e. The van der Waals surface area contributed by atoms with Crippen molar-refractivity contribution >= 4 is 0 Å². The number of halogens is 20. The van der Waals surface area contributed by atoms with Crippen LogP contribution in [0.15, 0.2) is 0 Å². The van der Waals surface area contributed by atoms with Gasteiger partial charge < -0.3 is 0 Å². The van der Waals surface area contributed by atoms with E-state index in [9.17, 15) is 88.1 Å². The van der Waals surface area contributed by atoms with Crippen LogP contribution < -0.4 is 0 Å². The number of benzene rings is 1. The Labute approximate surface area is 165 Å². The van der Waals surface area contributed by atoms with Gasteiger partial charge in [0.25, 0.3) is 0 Å². The summed E-state index contributed by atoms with van der Waals surface area (Å²) in [5.74, 6) is -61.3. The zero-order chi connectivity index (χ0) is 27.0. The highest BCUT2D eigenvalue weighted by Gasteiger charge is 2.96. The summed E-state index contributed by atoms with van der Waals surface area (Å²) >= 11 is 0. The second-order valence-electron chi connectivity index (χ2n) is 5.80. The van der Waals surface area contributed by atoms with E-state index in [1.54, 1.807) is 0 Å². The number of rotatable bonds is 7. The van der Waals surface area contributed by atoms with Crippen LogP contribution in [0, 0.1) is 29.1 Å². The van der Waals surface area contributed by atoms with E-state index in [0.717, 1.165) is 0 Å². The lowest BCUT2D eigenvalue weighted by atomic mass is 9.89. The highest BCUT2D eigenvalue weighted by atomic mass is 19.6. The van der Waals surface area contributed by atoms with Crippen LogP contribution in [0.1, 0.15) is 5.56 Å². The molecule has 0 aliphatic carbocycles. The predicted octanol–water partition coefficient (Wildman–Crippen LogP) is 7.08. The molecule has 0 aromatic heterocycles. The van der Waals surface area contributed by atoms with E-state index in [4.69, 9.17) is 0 Å². The summed E-state index contributed by atoms with van der Waals surface area (Å²) in [4.78, 5) is 0. The first kappa shape index (κ1) is 28.8. The summed E-state index contributed by atoms with van der Waals surface area (Å²) in [7, 11) is 0. The van der Waals surface area contributed by atoms with E-state index in [0.29, 0.717) is 0 Å². The summed E-state index contributed by atoms with van der Waals surface area (Å²) in [6.07, 6.45) is 0. The predicted molar refractivity (Wildman–Crippen MR) is 58.4 cm³/mol. The van der Waals surface area contributed by atoms with Crippen LogP contribution in [0.25, 0.3) is 0 Å². The third-order valence-electron chi connectivity index (χ3n) is 3.80. The van der Waals surface area contributed by atoms with Gasteiger partial charge in [-0.1, -0.05) is 0 Å².